The van der Waals surface area contributed by atoms with Crippen LogP contribution in [0.2, 0.25) is 10.0 Å². The molecule has 0 aliphatic heterocycles. The van der Waals surface area contributed by atoms with Crippen molar-refractivity contribution < 1.29 is 9.53 Å². The van der Waals surface area contributed by atoms with Crippen molar-refractivity contribution in [3.63, 3.8) is 0 Å². The van der Waals surface area contributed by atoms with Gasteiger partial charge in [0.1, 0.15) is 11.6 Å². The number of benzene rings is 3. The van der Waals surface area contributed by atoms with Crippen LogP contribution in [0.25, 0.3) is 16.6 Å². The molecular formula is C30H32Cl2N4O3. The number of urea groups is 1. The van der Waals surface area contributed by atoms with Crippen LogP contribution in [-0.4, -0.2) is 33.6 Å². The van der Waals surface area contributed by atoms with Crippen molar-refractivity contribution >= 4 is 45.8 Å². The van der Waals surface area contributed by atoms with Crippen molar-refractivity contribution in [2.45, 2.75) is 46.1 Å². The molecular weight excluding hydrogens is 535 g/mol. The Bertz CT molecular complexity index is 1500. The second kappa shape index (κ2) is 13.0. The Labute approximate surface area is 238 Å². The van der Waals surface area contributed by atoms with Gasteiger partial charge in [-0.25, -0.2) is 9.78 Å². The molecule has 39 heavy (non-hydrogen) atoms. The molecule has 0 aliphatic carbocycles. The lowest BCUT2D eigenvalue weighted by Gasteiger charge is -2.32. The third-order valence-corrected chi connectivity index (χ3v) is 7.00. The molecule has 1 heterocycles. The number of nitrogens with zero attached hydrogens (tertiary/aromatic N) is 3. The molecule has 7 nitrogen and oxygen atoms in total. The average Bonchev–Trinajstić information content (AvgIpc) is 2.93. The molecule has 0 spiro atoms. The van der Waals surface area contributed by atoms with E-state index in [4.69, 9.17) is 32.9 Å². The Kier molecular flexibility index (Phi) is 9.49. The first-order valence-electron chi connectivity index (χ1n) is 13.2. The number of ether oxygens (including phenoxy) is 1. The Morgan fingerprint density at radius 2 is 1.79 bits per heavy atom. The van der Waals surface area contributed by atoms with Crippen LogP contribution >= 0.6 is 23.2 Å². The fourth-order valence-electron chi connectivity index (χ4n) is 4.53. The lowest BCUT2D eigenvalue weighted by molar-refractivity contribution is 0.180. The summed E-state index contributed by atoms with van der Waals surface area (Å²) in [5, 5.41) is 4.25. The van der Waals surface area contributed by atoms with Gasteiger partial charge in [-0.2, -0.15) is 0 Å². The van der Waals surface area contributed by atoms with Crippen molar-refractivity contribution in [3.05, 3.63) is 93.0 Å². The number of halogens is 2. The number of amides is 2. The van der Waals surface area contributed by atoms with Crippen molar-refractivity contribution in [2.24, 2.45) is 0 Å². The number of hydrogen-bond acceptors (Lipinski definition) is 4. The molecule has 4 aromatic rings. The molecule has 1 aromatic heterocycles. The molecule has 0 bridgehead atoms. The molecule has 0 saturated heterocycles. The predicted octanol–water partition coefficient (Wildman–Crippen LogP) is 7.88. The van der Waals surface area contributed by atoms with Crippen LogP contribution in [0.15, 0.2) is 71.5 Å². The Balaban J connectivity index is 1.85. The second-order valence-electron chi connectivity index (χ2n) is 9.08. The minimum absolute atomic E-state index is 0.199. The normalized spacial score (nSPS) is 11.8. The van der Waals surface area contributed by atoms with Crippen molar-refractivity contribution in [1.29, 1.82) is 0 Å². The van der Waals surface area contributed by atoms with E-state index in [1.165, 1.54) is 0 Å². The first-order chi connectivity index (χ1) is 18.9. The zero-order valence-corrected chi connectivity index (χ0v) is 23.8. The number of unbranched alkanes of at least 4 members (excludes halogenated alkanes) is 1. The van der Waals surface area contributed by atoms with Crippen molar-refractivity contribution in [2.75, 3.05) is 18.5 Å². The molecule has 3 aromatic carbocycles. The standard InChI is InChI=1S/C30H32Cl2N4O3/c1-4-7-18-35(30(38)34-26-17-12-20(31)19-24(26)32)27(5-2)28-33-25-11-9-8-10-23(25)29(37)36(28)21-13-15-22(16-14-21)39-6-3/h8-17,19,27H,4-7,18H2,1-3H3,(H,34,38). The van der Waals surface area contributed by atoms with E-state index in [9.17, 15) is 9.59 Å². The quantitative estimate of drug-likeness (QED) is 0.212. The van der Waals surface area contributed by atoms with E-state index in [0.717, 1.165) is 12.8 Å². The third-order valence-electron chi connectivity index (χ3n) is 6.45. The summed E-state index contributed by atoms with van der Waals surface area (Å²) in [5.41, 5.74) is 1.48. The molecule has 4 rings (SSSR count). The van der Waals surface area contributed by atoms with Gasteiger partial charge in [-0.05, 0) is 74.4 Å². The van der Waals surface area contributed by atoms with E-state index in [1.54, 1.807) is 33.7 Å². The summed E-state index contributed by atoms with van der Waals surface area (Å²) in [4.78, 5) is 34.3. The van der Waals surface area contributed by atoms with Crippen LogP contribution in [0, 0.1) is 0 Å². The van der Waals surface area contributed by atoms with Gasteiger partial charge in [0.25, 0.3) is 5.56 Å². The van der Waals surface area contributed by atoms with E-state index in [1.807, 2.05) is 56.3 Å². The molecule has 1 unspecified atom stereocenters. The fraction of sp³-hybridized carbons (Fsp3) is 0.300. The van der Waals surface area contributed by atoms with Gasteiger partial charge in [0.2, 0.25) is 0 Å². The minimum atomic E-state index is -0.494. The Morgan fingerprint density at radius 3 is 2.46 bits per heavy atom. The Morgan fingerprint density at radius 1 is 1.05 bits per heavy atom. The van der Waals surface area contributed by atoms with E-state index in [-0.39, 0.29) is 11.6 Å². The molecule has 0 radical (unpaired) electrons. The smallest absolute Gasteiger partial charge is 0.322 e. The second-order valence-corrected chi connectivity index (χ2v) is 9.92. The zero-order chi connectivity index (χ0) is 27.9. The molecule has 0 fully saturated rings. The molecule has 9 heteroatoms. The fourth-order valence-corrected chi connectivity index (χ4v) is 4.98. The lowest BCUT2D eigenvalue weighted by atomic mass is 10.1. The molecule has 204 valence electrons. The topological polar surface area (TPSA) is 76.5 Å². The summed E-state index contributed by atoms with van der Waals surface area (Å²) in [6.45, 7) is 6.98. The number of hydrogen-bond donors (Lipinski definition) is 1. The molecule has 2 amide bonds. The number of rotatable bonds is 10. The van der Waals surface area contributed by atoms with E-state index in [0.29, 0.717) is 63.5 Å². The molecule has 0 saturated carbocycles. The first kappa shape index (κ1) is 28.5. The minimum Gasteiger partial charge on any atom is -0.494 e. The van der Waals surface area contributed by atoms with Gasteiger partial charge < -0.3 is 15.0 Å². The molecule has 1 atom stereocenters. The van der Waals surface area contributed by atoms with Gasteiger partial charge in [0, 0.05) is 11.6 Å². The van der Waals surface area contributed by atoms with Crippen LogP contribution in [0.5, 0.6) is 5.75 Å². The monoisotopic (exact) mass is 566 g/mol. The first-order valence-corrected chi connectivity index (χ1v) is 13.9. The summed E-state index contributed by atoms with van der Waals surface area (Å²) >= 11 is 12.4. The van der Waals surface area contributed by atoms with Gasteiger partial charge in [-0.1, -0.05) is 55.6 Å². The lowest BCUT2D eigenvalue weighted by Crippen LogP contribution is -2.41. The largest absolute Gasteiger partial charge is 0.494 e. The van der Waals surface area contributed by atoms with Crippen LogP contribution in [-0.2, 0) is 0 Å². The number of aromatic nitrogens is 2. The summed E-state index contributed by atoms with van der Waals surface area (Å²) in [6.07, 6.45) is 2.20. The SMILES string of the molecule is CCCCN(C(=O)Nc1ccc(Cl)cc1Cl)C(CC)c1nc2ccccc2c(=O)n1-c1ccc(OCC)cc1. The maximum atomic E-state index is 13.9. The van der Waals surface area contributed by atoms with Crippen LogP contribution < -0.4 is 15.6 Å². The van der Waals surface area contributed by atoms with E-state index in [2.05, 4.69) is 12.2 Å². The molecule has 0 aliphatic rings. The van der Waals surface area contributed by atoms with Gasteiger partial charge in [0.15, 0.2) is 0 Å². The number of carbonyl (C=O) groups excluding carboxylic acids is 1. The Hall–Kier alpha value is -3.55. The van der Waals surface area contributed by atoms with E-state index < -0.39 is 6.04 Å². The van der Waals surface area contributed by atoms with Crippen LogP contribution in [0.3, 0.4) is 0 Å². The molecule has 1 N–H and O–H groups in total. The number of fused-ring (bicyclic) bond motifs is 1. The van der Waals surface area contributed by atoms with Gasteiger partial charge in [-0.15, -0.1) is 0 Å². The van der Waals surface area contributed by atoms with Gasteiger partial charge in [-0.3, -0.25) is 9.36 Å². The zero-order valence-electron chi connectivity index (χ0n) is 22.3. The summed E-state index contributed by atoms with van der Waals surface area (Å²) < 4.78 is 7.21. The van der Waals surface area contributed by atoms with Gasteiger partial charge in [0.05, 0.1) is 39.9 Å². The number of para-hydroxylation sites is 1. The van der Waals surface area contributed by atoms with E-state index >= 15 is 0 Å². The summed E-state index contributed by atoms with van der Waals surface area (Å²) in [7, 11) is 0. The highest BCUT2D eigenvalue weighted by atomic mass is 35.5. The summed E-state index contributed by atoms with van der Waals surface area (Å²) in [6, 6.07) is 18.7. The van der Waals surface area contributed by atoms with Crippen LogP contribution in [0.4, 0.5) is 10.5 Å². The predicted molar refractivity (Wildman–Crippen MR) is 159 cm³/mol. The van der Waals surface area contributed by atoms with Crippen molar-refractivity contribution in [1.82, 2.24) is 14.5 Å². The number of nitrogens with one attached hydrogen (secondary N) is 1. The highest BCUT2D eigenvalue weighted by molar-refractivity contribution is 6.36. The maximum absolute atomic E-state index is 13.9. The van der Waals surface area contributed by atoms with Gasteiger partial charge >= 0.3 is 6.03 Å². The van der Waals surface area contributed by atoms with Crippen molar-refractivity contribution in [3.8, 4) is 11.4 Å². The maximum Gasteiger partial charge on any atom is 0.322 e. The highest BCUT2D eigenvalue weighted by Gasteiger charge is 2.29. The number of carbonyl (C=O) groups is 1. The summed E-state index contributed by atoms with van der Waals surface area (Å²) in [5.74, 6) is 1.19. The number of anilines is 1. The van der Waals surface area contributed by atoms with Crippen LogP contribution in [0.1, 0.15) is 51.9 Å². The highest BCUT2D eigenvalue weighted by Crippen LogP contribution is 2.30. The average molecular weight is 568 g/mol. The third kappa shape index (κ3) is 6.37.